The number of carbonyl (C=O) groups is 1. The summed E-state index contributed by atoms with van der Waals surface area (Å²) in [4.78, 5) is 11.2. The number of methoxy groups -OCH3 is 1. The minimum absolute atomic E-state index is 0.440. The fraction of sp³-hybridized carbons (Fsp3) is 0.533. The van der Waals surface area contributed by atoms with Gasteiger partial charge in [0, 0.05) is 17.4 Å². The summed E-state index contributed by atoms with van der Waals surface area (Å²) >= 11 is 0. The number of anilines is 2. The lowest BCUT2D eigenvalue weighted by Crippen LogP contribution is -2.23. The third-order valence-electron chi connectivity index (χ3n) is 3.83. The Morgan fingerprint density at radius 1 is 1.37 bits per heavy atom. The maximum atomic E-state index is 11.2. The van der Waals surface area contributed by atoms with E-state index in [-0.39, 0.29) is 0 Å². The van der Waals surface area contributed by atoms with Crippen molar-refractivity contribution < 1.29 is 9.53 Å². The number of nitrogens with one attached hydrogen (secondary N) is 2. The van der Waals surface area contributed by atoms with Gasteiger partial charge < -0.3 is 10.1 Å². The molecule has 0 bridgehead atoms. The first-order chi connectivity index (χ1) is 9.22. The highest BCUT2D eigenvalue weighted by Crippen LogP contribution is 2.31. The average Bonchev–Trinajstić information content (AvgIpc) is 2.86. The van der Waals surface area contributed by atoms with Gasteiger partial charge in [-0.3, -0.25) is 5.32 Å². The van der Waals surface area contributed by atoms with Crippen molar-refractivity contribution in [1.29, 1.82) is 0 Å². The Bertz CT molecular complexity index is 434. The van der Waals surface area contributed by atoms with Gasteiger partial charge in [0.1, 0.15) is 0 Å². The SMILES string of the molecule is CCC1CCCC1Nc1cccc(NC(=O)OC)c1. The average molecular weight is 262 g/mol. The molecule has 0 radical (unpaired) electrons. The van der Waals surface area contributed by atoms with Crippen LogP contribution in [0.25, 0.3) is 0 Å². The van der Waals surface area contributed by atoms with Crippen LogP contribution in [0.1, 0.15) is 32.6 Å². The maximum Gasteiger partial charge on any atom is 0.411 e. The lowest BCUT2D eigenvalue weighted by molar-refractivity contribution is 0.187. The second-order valence-corrected chi connectivity index (χ2v) is 5.05. The quantitative estimate of drug-likeness (QED) is 0.866. The van der Waals surface area contributed by atoms with Crippen molar-refractivity contribution in [3.05, 3.63) is 24.3 Å². The molecule has 0 aliphatic heterocycles. The Hall–Kier alpha value is -1.71. The third kappa shape index (κ3) is 3.63. The molecule has 4 nitrogen and oxygen atoms in total. The van der Waals surface area contributed by atoms with Gasteiger partial charge in [-0.1, -0.05) is 25.8 Å². The fourth-order valence-electron chi connectivity index (χ4n) is 2.79. The Labute approximate surface area is 114 Å². The Kier molecular flexibility index (Phi) is 4.66. The molecule has 2 N–H and O–H groups in total. The van der Waals surface area contributed by atoms with Gasteiger partial charge in [0.25, 0.3) is 0 Å². The van der Waals surface area contributed by atoms with Crippen LogP contribution in [0.3, 0.4) is 0 Å². The van der Waals surface area contributed by atoms with Crippen molar-refractivity contribution >= 4 is 17.5 Å². The first kappa shape index (κ1) is 13.7. The van der Waals surface area contributed by atoms with Gasteiger partial charge in [-0.2, -0.15) is 0 Å². The maximum absolute atomic E-state index is 11.2. The summed E-state index contributed by atoms with van der Waals surface area (Å²) in [6.45, 7) is 2.25. The van der Waals surface area contributed by atoms with Crippen LogP contribution in [0.4, 0.5) is 16.2 Å². The van der Waals surface area contributed by atoms with Gasteiger partial charge in [0.05, 0.1) is 7.11 Å². The fourth-order valence-corrected chi connectivity index (χ4v) is 2.79. The molecule has 2 rings (SSSR count). The zero-order chi connectivity index (χ0) is 13.7. The molecule has 1 aromatic rings. The number of benzene rings is 1. The van der Waals surface area contributed by atoms with Crippen molar-refractivity contribution in [3.63, 3.8) is 0 Å². The van der Waals surface area contributed by atoms with Gasteiger partial charge in [-0.25, -0.2) is 4.79 Å². The predicted molar refractivity (Wildman–Crippen MR) is 77.5 cm³/mol. The first-order valence-corrected chi connectivity index (χ1v) is 6.94. The van der Waals surface area contributed by atoms with E-state index in [1.165, 1.54) is 32.8 Å². The first-order valence-electron chi connectivity index (χ1n) is 6.94. The van der Waals surface area contributed by atoms with Gasteiger partial charge in [0.2, 0.25) is 0 Å². The van der Waals surface area contributed by atoms with Crippen LogP contribution in [0.15, 0.2) is 24.3 Å². The highest BCUT2D eigenvalue weighted by Gasteiger charge is 2.25. The number of ether oxygens (including phenoxy) is 1. The van der Waals surface area contributed by atoms with Gasteiger partial charge in [-0.15, -0.1) is 0 Å². The minimum atomic E-state index is -0.440. The van der Waals surface area contributed by atoms with Crippen LogP contribution in [-0.4, -0.2) is 19.2 Å². The molecule has 1 aliphatic rings. The van der Waals surface area contributed by atoms with E-state index >= 15 is 0 Å². The lowest BCUT2D eigenvalue weighted by Gasteiger charge is -2.21. The van der Waals surface area contributed by atoms with E-state index in [9.17, 15) is 4.79 Å². The van der Waals surface area contributed by atoms with Crippen LogP contribution in [-0.2, 0) is 4.74 Å². The van der Waals surface area contributed by atoms with Crippen LogP contribution in [0.2, 0.25) is 0 Å². The van der Waals surface area contributed by atoms with Crippen molar-refractivity contribution in [2.75, 3.05) is 17.7 Å². The molecule has 1 saturated carbocycles. The van der Waals surface area contributed by atoms with E-state index in [0.717, 1.165) is 17.3 Å². The topological polar surface area (TPSA) is 50.4 Å². The normalized spacial score (nSPS) is 22.0. The monoisotopic (exact) mass is 262 g/mol. The molecule has 104 valence electrons. The van der Waals surface area contributed by atoms with Crippen molar-refractivity contribution in [3.8, 4) is 0 Å². The van der Waals surface area contributed by atoms with E-state index in [1.807, 2.05) is 24.3 Å². The molecule has 1 amide bonds. The van der Waals surface area contributed by atoms with E-state index < -0.39 is 6.09 Å². The second kappa shape index (κ2) is 6.45. The van der Waals surface area contributed by atoms with Gasteiger partial charge >= 0.3 is 6.09 Å². The summed E-state index contributed by atoms with van der Waals surface area (Å²) < 4.78 is 4.59. The summed E-state index contributed by atoms with van der Waals surface area (Å²) in [5.74, 6) is 0.761. The number of carbonyl (C=O) groups excluding carboxylic acids is 1. The van der Waals surface area contributed by atoms with Gasteiger partial charge in [0.15, 0.2) is 0 Å². The molecule has 2 unspecified atom stereocenters. The second-order valence-electron chi connectivity index (χ2n) is 5.05. The smallest absolute Gasteiger partial charge is 0.411 e. The molecule has 0 heterocycles. The summed E-state index contributed by atoms with van der Waals surface area (Å²) in [5.41, 5.74) is 1.81. The number of rotatable bonds is 4. The van der Waals surface area contributed by atoms with Crippen molar-refractivity contribution in [1.82, 2.24) is 0 Å². The molecule has 0 spiro atoms. The Morgan fingerprint density at radius 3 is 2.89 bits per heavy atom. The summed E-state index contributed by atoms with van der Waals surface area (Å²) in [5, 5.41) is 6.26. The summed E-state index contributed by atoms with van der Waals surface area (Å²) in [6, 6.07) is 8.32. The van der Waals surface area contributed by atoms with Crippen LogP contribution in [0.5, 0.6) is 0 Å². The largest absolute Gasteiger partial charge is 0.453 e. The molecule has 0 aromatic heterocycles. The molecule has 4 heteroatoms. The third-order valence-corrected chi connectivity index (χ3v) is 3.83. The molecular weight excluding hydrogens is 240 g/mol. The van der Waals surface area contributed by atoms with Gasteiger partial charge in [-0.05, 0) is 37.0 Å². The Morgan fingerprint density at radius 2 is 2.16 bits per heavy atom. The molecule has 1 aromatic carbocycles. The zero-order valence-corrected chi connectivity index (χ0v) is 11.6. The molecular formula is C15H22N2O2. The lowest BCUT2D eigenvalue weighted by atomic mass is 10.0. The standard InChI is InChI=1S/C15H22N2O2/c1-3-11-6-4-9-14(11)16-12-7-5-8-13(10-12)17-15(18)19-2/h5,7-8,10-11,14,16H,3-4,6,9H2,1-2H3,(H,17,18). The highest BCUT2D eigenvalue weighted by molar-refractivity contribution is 5.85. The number of amides is 1. The predicted octanol–water partition coefficient (Wildman–Crippen LogP) is 3.86. The summed E-state index contributed by atoms with van der Waals surface area (Å²) in [6.07, 6.45) is 4.62. The van der Waals surface area contributed by atoms with Crippen LogP contribution in [0, 0.1) is 5.92 Å². The van der Waals surface area contributed by atoms with E-state index in [1.54, 1.807) is 0 Å². The zero-order valence-electron chi connectivity index (χ0n) is 11.6. The van der Waals surface area contributed by atoms with Crippen LogP contribution < -0.4 is 10.6 Å². The Balaban J connectivity index is 2.00. The number of hydrogen-bond acceptors (Lipinski definition) is 3. The van der Waals surface area contributed by atoms with Crippen molar-refractivity contribution in [2.45, 2.75) is 38.6 Å². The molecule has 0 saturated heterocycles. The number of hydrogen-bond donors (Lipinski definition) is 2. The van der Waals surface area contributed by atoms with Crippen LogP contribution >= 0.6 is 0 Å². The molecule has 19 heavy (non-hydrogen) atoms. The van der Waals surface area contributed by atoms with E-state index in [0.29, 0.717) is 6.04 Å². The minimum Gasteiger partial charge on any atom is -0.453 e. The molecule has 1 aliphatic carbocycles. The summed E-state index contributed by atoms with van der Waals surface area (Å²) in [7, 11) is 1.36. The molecule has 2 atom stereocenters. The van der Waals surface area contributed by atoms with E-state index in [2.05, 4.69) is 22.3 Å². The highest BCUT2D eigenvalue weighted by atomic mass is 16.5. The van der Waals surface area contributed by atoms with Crippen molar-refractivity contribution in [2.24, 2.45) is 5.92 Å². The molecule has 1 fully saturated rings. The van der Waals surface area contributed by atoms with E-state index in [4.69, 9.17) is 0 Å².